The minimum atomic E-state index is -2.62. The molecule has 0 N–H and O–H groups in total. The van der Waals surface area contributed by atoms with E-state index in [-0.39, 0.29) is 5.56 Å². The van der Waals surface area contributed by atoms with Crippen LogP contribution in [0, 0.1) is 5.92 Å². The first kappa shape index (κ1) is 18.4. The topological polar surface area (TPSA) is 27.7 Å². The third-order valence-corrected chi connectivity index (χ3v) is 6.13. The maximum Gasteiger partial charge on any atom is 0.502 e. The first-order chi connectivity index (χ1) is 8.49. The third kappa shape index (κ3) is 7.74. The normalized spacial score (nSPS) is 14.2. The molecule has 0 rings (SSSR count). The van der Waals surface area contributed by atoms with E-state index in [2.05, 4.69) is 27.7 Å². The summed E-state index contributed by atoms with van der Waals surface area (Å²) in [5.74, 6) is 0.478. The van der Waals surface area contributed by atoms with E-state index in [1.807, 2.05) is 6.92 Å². The summed E-state index contributed by atoms with van der Waals surface area (Å²) in [6.07, 6.45) is 2.69. The Labute approximate surface area is 119 Å². The summed E-state index contributed by atoms with van der Waals surface area (Å²) in [6.45, 7) is 11.9. The molecule has 18 heavy (non-hydrogen) atoms. The van der Waals surface area contributed by atoms with E-state index < -0.39 is 8.80 Å². The van der Waals surface area contributed by atoms with Gasteiger partial charge in [0, 0.05) is 19.3 Å². The molecular weight excluding hydrogens is 268 g/mol. The quantitative estimate of drug-likeness (QED) is 0.417. The van der Waals surface area contributed by atoms with Gasteiger partial charge in [0.15, 0.2) is 0 Å². The summed E-state index contributed by atoms with van der Waals surface area (Å²) < 4.78 is 17.9. The highest BCUT2D eigenvalue weighted by molar-refractivity contribution is 6.61. The van der Waals surface area contributed by atoms with E-state index in [1.165, 1.54) is 0 Å². The van der Waals surface area contributed by atoms with E-state index in [9.17, 15) is 0 Å². The second-order valence-electron chi connectivity index (χ2n) is 4.91. The van der Waals surface area contributed by atoms with Crippen LogP contribution in [0.3, 0.4) is 0 Å². The molecule has 5 heteroatoms. The summed E-state index contributed by atoms with van der Waals surface area (Å²) in [7, 11) is -2.62. The molecule has 0 radical (unpaired) electrons. The van der Waals surface area contributed by atoms with Crippen molar-refractivity contribution in [2.75, 3.05) is 13.2 Å². The van der Waals surface area contributed by atoms with Crippen LogP contribution in [-0.2, 0) is 13.3 Å². The largest absolute Gasteiger partial charge is 0.502 e. The summed E-state index contributed by atoms with van der Waals surface area (Å²) in [5, 5.41) is 0. The number of alkyl halides is 1. The van der Waals surface area contributed by atoms with Gasteiger partial charge in [-0.2, -0.15) is 0 Å². The highest BCUT2D eigenvalue weighted by Gasteiger charge is 2.43. The van der Waals surface area contributed by atoms with Gasteiger partial charge in [0.2, 0.25) is 0 Å². The van der Waals surface area contributed by atoms with E-state index in [1.54, 1.807) is 0 Å². The van der Waals surface area contributed by atoms with Crippen molar-refractivity contribution >= 4 is 20.4 Å². The molecule has 0 bridgehead atoms. The molecule has 0 aliphatic heterocycles. The van der Waals surface area contributed by atoms with E-state index in [4.69, 9.17) is 24.9 Å². The monoisotopic (exact) mass is 296 g/mol. The van der Waals surface area contributed by atoms with Crippen molar-refractivity contribution < 1.29 is 13.3 Å². The molecule has 0 spiro atoms. The van der Waals surface area contributed by atoms with Crippen molar-refractivity contribution in [3.8, 4) is 0 Å². The first-order valence-corrected chi connectivity index (χ1v) is 9.46. The molecule has 1 atom stereocenters. The maximum atomic E-state index is 6.14. The Balaban J connectivity index is 4.73. The lowest BCUT2D eigenvalue weighted by Gasteiger charge is -2.32. The third-order valence-electron chi connectivity index (χ3n) is 2.34. The number of hydrogen-bond donors (Lipinski definition) is 0. The second-order valence-corrected chi connectivity index (χ2v) is 7.99. The van der Waals surface area contributed by atoms with Gasteiger partial charge in [-0.05, 0) is 25.2 Å². The van der Waals surface area contributed by atoms with Crippen molar-refractivity contribution in [2.24, 2.45) is 5.92 Å². The minimum Gasteiger partial charge on any atom is -0.373 e. The first-order valence-electron chi connectivity index (χ1n) is 7.09. The highest BCUT2D eigenvalue weighted by atomic mass is 35.5. The minimum absolute atomic E-state index is 0.316. The molecule has 0 aromatic carbocycles. The Morgan fingerprint density at radius 3 is 1.83 bits per heavy atom. The molecule has 1 unspecified atom stereocenters. The van der Waals surface area contributed by atoms with Crippen molar-refractivity contribution in [1.29, 1.82) is 0 Å². The van der Waals surface area contributed by atoms with Crippen LogP contribution in [0.15, 0.2) is 0 Å². The lowest BCUT2D eigenvalue weighted by atomic mass is 10.3. The van der Waals surface area contributed by atoms with Gasteiger partial charge in [0.25, 0.3) is 0 Å². The van der Waals surface area contributed by atoms with Crippen LogP contribution in [0.1, 0.15) is 53.9 Å². The van der Waals surface area contributed by atoms with Crippen molar-refractivity contribution in [2.45, 2.75) is 65.5 Å². The second kappa shape index (κ2) is 10.2. The molecule has 0 aliphatic carbocycles. The van der Waals surface area contributed by atoms with Crippen LogP contribution in [0.25, 0.3) is 0 Å². The van der Waals surface area contributed by atoms with Gasteiger partial charge in [-0.25, -0.2) is 0 Å². The smallest absolute Gasteiger partial charge is 0.373 e. The molecule has 0 aromatic rings. The van der Waals surface area contributed by atoms with Crippen LogP contribution in [-0.4, -0.2) is 27.6 Å². The molecule has 0 heterocycles. The molecule has 0 aliphatic rings. The van der Waals surface area contributed by atoms with Crippen LogP contribution in [0.2, 0.25) is 6.04 Å². The predicted molar refractivity (Wildman–Crippen MR) is 78.9 cm³/mol. The van der Waals surface area contributed by atoms with Gasteiger partial charge in [-0.15, -0.1) is 0 Å². The molecule has 0 saturated heterocycles. The molecular formula is C13H29ClO3Si. The predicted octanol–water partition coefficient (Wildman–Crippen LogP) is 4.43. The fraction of sp³-hybridized carbons (Fsp3) is 1.00. The zero-order chi connectivity index (χ0) is 14.0. The van der Waals surface area contributed by atoms with Crippen LogP contribution in [0.5, 0.6) is 0 Å². The Kier molecular flexibility index (Phi) is 10.4. The molecule has 110 valence electrons. The lowest BCUT2D eigenvalue weighted by molar-refractivity contribution is 0.0458. The molecule has 0 amide bonds. The van der Waals surface area contributed by atoms with Gasteiger partial charge in [-0.1, -0.05) is 46.2 Å². The van der Waals surface area contributed by atoms with Crippen LogP contribution >= 0.6 is 11.6 Å². The molecule has 3 nitrogen and oxygen atoms in total. The van der Waals surface area contributed by atoms with Gasteiger partial charge in [0.1, 0.15) is 5.56 Å². The lowest BCUT2D eigenvalue weighted by Crippen LogP contribution is -2.49. The van der Waals surface area contributed by atoms with Gasteiger partial charge < -0.3 is 13.3 Å². The summed E-state index contributed by atoms with van der Waals surface area (Å²) in [6, 6.07) is 0.830. The average molecular weight is 297 g/mol. The van der Waals surface area contributed by atoms with Gasteiger partial charge in [-0.3, -0.25) is 0 Å². The van der Waals surface area contributed by atoms with E-state index in [0.717, 1.165) is 25.3 Å². The zero-order valence-corrected chi connectivity index (χ0v) is 14.3. The SMILES string of the molecule is CCCO[Si](CC(C)C)(OCCC)OC(Cl)CC. The fourth-order valence-corrected chi connectivity index (χ4v) is 5.11. The number of rotatable bonds is 11. The Morgan fingerprint density at radius 1 is 1.00 bits per heavy atom. The maximum absolute atomic E-state index is 6.14. The standard InChI is InChI=1S/C13H29ClO3Si/c1-6-9-15-18(11-12(4)5,16-10-7-2)17-13(14)8-3/h12-13H,6-11H2,1-5H3. The summed E-state index contributed by atoms with van der Waals surface area (Å²) >= 11 is 6.14. The van der Waals surface area contributed by atoms with Crippen LogP contribution in [0.4, 0.5) is 0 Å². The average Bonchev–Trinajstić information content (AvgIpc) is 2.33. The summed E-state index contributed by atoms with van der Waals surface area (Å²) in [4.78, 5) is 0. The Bertz CT molecular complexity index is 195. The number of halogens is 1. The Hall–Kier alpha value is 0.387. The highest BCUT2D eigenvalue weighted by Crippen LogP contribution is 2.25. The van der Waals surface area contributed by atoms with E-state index >= 15 is 0 Å². The van der Waals surface area contributed by atoms with Crippen molar-refractivity contribution in [3.05, 3.63) is 0 Å². The number of hydrogen-bond acceptors (Lipinski definition) is 3. The zero-order valence-electron chi connectivity index (χ0n) is 12.5. The molecule has 0 aromatic heterocycles. The van der Waals surface area contributed by atoms with Crippen molar-refractivity contribution in [1.82, 2.24) is 0 Å². The van der Waals surface area contributed by atoms with Gasteiger partial charge >= 0.3 is 8.80 Å². The van der Waals surface area contributed by atoms with E-state index in [0.29, 0.717) is 19.1 Å². The molecule has 0 fully saturated rings. The molecule has 0 saturated carbocycles. The van der Waals surface area contributed by atoms with Crippen molar-refractivity contribution in [3.63, 3.8) is 0 Å². The summed E-state index contributed by atoms with van der Waals surface area (Å²) in [5.41, 5.74) is -0.316. The van der Waals surface area contributed by atoms with Crippen LogP contribution < -0.4 is 0 Å². The fourth-order valence-electron chi connectivity index (χ4n) is 1.57. The Morgan fingerprint density at radius 2 is 1.50 bits per heavy atom. The van der Waals surface area contributed by atoms with Gasteiger partial charge in [0.05, 0.1) is 0 Å².